The summed E-state index contributed by atoms with van der Waals surface area (Å²) in [6.07, 6.45) is 0.698. The minimum Gasteiger partial charge on any atom is -0.478 e. The molecule has 76 valence electrons. The molecule has 1 aromatic carbocycles. The molecule has 1 aromatic rings. The summed E-state index contributed by atoms with van der Waals surface area (Å²) in [4.78, 5) is 10.9. The number of hydrogen-bond donors (Lipinski definition) is 1. The van der Waals surface area contributed by atoms with E-state index in [1.807, 2.05) is 6.07 Å². The van der Waals surface area contributed by atoms with Gasteiger partial charge in [0, 0.05) is 11.2 Å². The van der Waals surface area contributed by atoms with Crippen LogP contribution in [0.25, 0.3) is 0 Å². The van der Waals surface area contributed by atoms with Gasteiger partial charge in [-0.3, -0.25) is 0 Å². The van der Waals surface area contributed by atoms with E-state index in [2.05, 4.69) is 15.9 Å². The average molecular weight is 278 g/mol. The third kappa shape index (κ3) is 2.49. The van der Waals surface area contributed by atoms with Crippen LogP contribution in [-0.2, 0) is 11.8 Å². The van der Waals surface area contributed by atoms with Gasteiger partial charge in [0.1, 0.15) is 0 Å². The van der Waals surface area contributed by atoms with Gasteiger partial charge in [0.2, 0.25) is 0 Å². The monoisotopic (exact) mass is 276 g/mol. The zero-order valence-electron chi connectivity index (χ0n) is 7.46. The first-order valence-corrected chi connectivity index (χ1v) is 5.82. The maximum absolute atomic E-state index is 10.9. The van der Waals surface area contributed by atoms with E-state index in [0.717, 1.165) is 11.1 Å². The summed E-state index contributed by atoms with van der Waals surface area (Å²) in [6, 6.07) is 5.26. The summed E-state index contributed by atoms with van der Waals surface area (Å²) in [5.74, 6) is -0.390. The molecule has 0 unspecified atom stereocenters. The molecule has 0 saturated heterocycles. The molecular formula is C10H10BrClO2. The molecule has 0 aliphatic heterocycles. The second-order valence-corrected chi connectivity index (χ2v) is 3.76. The molecule has 0 fully saturated rings. The van der Waals surface area contributed by atoms with Crippen LogP contribution in [0.15, 0.2) is 18.2 Å². The molecule has 14 heavy (non-hydrogen) atoms. The highest BCUT2D eigenvalue weighted by Gasteiger charge is 2.11. The summed E-state index contributed by atoms with van der Waals surface area (Å²) in [7, 11) is 0. The minimum absolute atomic E-state index is 0.351. The number of benzene rings is 1. The molecule has 2 nitrogen and oxygen atoms in total. The molecule has 0 aromatic heterocycles. The van der Waals surface area contributed by atoms with E-state index in [9.17, 15) is 4.79 Å². The Morgan fingerprint density at radius 3 is 2.71 bits per heavy atom. The highest BCUT2D eigenvalue weighted by Crippen LogP contribution is 2.19. The van der Waals surface area contributed by atoms with Crippen LogP contribution in [0.5, 0.6) is 0 Å². The number of carboxylic acid groups (broad SMARTS) is 1. The van der Waals surface area contributed by atoms with Crippen molar-refractivity contribution in [2.24, 2.45) is 0 Å². The first-order valence-electron chi connectivity index (χ1n) is 4.16. The molecule has 1 rings (SSSR count). The zero-order valence-corrected chi connectivity index (χ0v) is 9.81. The third-order valence-corrected chi connectivity index (χ3v) is 2.75. The lowest BCUT2D eigenvalue weighted by Crippen LogP contribution is -2.04. The van der Waals surface area contributed by atoms with Gasteiger partial charge < -0.3 is 5.11 Å². The number of alkyl halides is 2. The minimum atomic E-state index is -0.893. The lowest BCUT2D eigenvalue weighted by Gasteiger charge is -2.08. The second kappa shape index (κ2) is 5.37. The molecule has 0 heterocycles. The Bertz CT molecular complexity index is 339. The van der Waals surface area contributed by atoms with Crippen molar-refractivity contribution < 1.29 is 9.90 Å². The summed E-state index contributed by atoms with van der Waals surface area (Å²) in [5, 5.41) is 9.48. The number of aryl methyl sites for hydroxylation is 1. The van der Waals surface area contributed by atoms with Gasteiger partial charge in [-0.1, -0.05) is 28.1 Å². The van der Waals surface area contributed by atoms with Crippen LogP contribution in [0, 0.1) is 0 Å². The summed E-state index contributed by atoms with van der Waals surface area (Å²) < 4.78 is 0. The summed E-state index contributed by atoms with van der Waals surface area (Å²) in [6.45, 7) is 0. The fourth-order valence-electron chi connectivity index (χ4n) is 1.33. The van der Waals surface area contributed by atoms with Crippen molar-refractivity contribution in [3.05, 3.63) is 34.9 Å². The van der Waals surface area contributed by atoms with Crippen molar-refractivity contribution in [2.75, 3.05) is 5.88 Å². The normalized spacial score (nSPS) is 10.1. The number of halogens is 2. The first kappa shape index (κ1) is 11.5. The smallest absolute Gasteiger partial charge is 0.336 e. The number of carboxylic acids is 1. The van der Waals surface area contributed by atoms with Gasteiger partial charge in [-0.25, -0.2) is 4.79 Å². The van der Waals surface area contributed by atoms with Crippen molar-refractivity contribution in [2.45, 2.75) is 11.8 Å². The number of carbonyl (C=O) groups is 1. The summed E-state index contributed by atoms with van der Waals surface area (Å²) >= 11 is 8.93. The molecule has 0 spiro atoms. The fourth-order valence-corrected chi connectivity index (χ4v) is 2.19. The predicted octanol–water partition coefficient (Wildman–Crippen LogP) is 3.06. The first-order chi connectivity index (χ1) is 6.70. The maximum Gasteiger partial charge on any atom is 0.336 e. The van der Waals surface area contributed by atoms with Gasteiger partial charge in [-0.2, -0.15) is 0 Å². The van der Waals surface area contributed by atoms with Gasteiger partial charge in [-0.05, 0) is 23.6 Å². The molecule has 1 N–H and O–H groups in total. The van der Waals surface area contributed by atoms with Gasteiger partial charge in [0.15, 0.2) is 0 Å². The van der Waals surface area contributed by atoms with Gasteiger partial charge in [0.05, 0.1) is 5.56 Å². The fraction of sp³-hybridized carbons (Fsp3) is 0.300. The molecule has 0 atom stereocenters. The van der Waals surface area contributed by atoms with Crippen LogP contribution in [0.2, 0.25) is 0 Å². The number of hydrogen-bond acceptors (Lipinski definition) is 1. The van der Waals surface area contributed by atoms with Crippen molar-refractivity contribution in [3.8, 4) is 0 Å². The standard InChI is InChI=1S/C10H10BrClO2/c11-6-9-7(4-5-12)2-1-3-8(9)10(13)14/h1-3H,4-6H2,(H,13,14). The van der Waals surface area contributed by atoms with E-state index in [4.69, 9.17) is 16.7 Å². The van der Waals surface area contributed by atoms with Crippen molar-refractivity contribution in [3.63, 3.8) is 0 Å². The Balaban J connectivity index is 3.17. The Morgan fingerprint density at radius 1 is 1.50 bits per heavy atom. The maximum atomic E-state index is 10.9. The highest BCUT2D eigenvalue weighted by atomic mass is 79.9. The van der Waals surface area contributed by atoms with Crippen LogP contribution in [0.4, 0.5) is 0 Å². The van der Waals surface area contributed by atoms with Gasteiger partial charge >= 0.3 is 5.97 Å². The highest BCUT2D eigenvalue weighted by molar-refractivity contribution is 9.08. The Morgan fingerprint density at radius 2 is 2.21 bits per heavy atom. The SMILES string of the molecule is O=C(O)c1cccc(CCCl)c1CBr. The molecule has 0 radical (unpaired) electrons. The van der Waals surface area contributed by atoms with E-state index in [1.54, 1.807) is 12.1 Å². The topological polar surface area (TPSA) is 37.3 Å². The zero-order chi connectivity index (χ0) is 10.6. The quantitative estimate of drug-likeness (QED) is 0.859. The van der Waals surface area contributed by atoms with Crippen molar-refractivity contribution in [1.82, 2.24) is 0 Å². The third-order valence-electron chi connectivity index (χ3n) is 2.00. The molecule has 0 aliphatic carbocycles. The largest absolute Gasteiger partial charge is 0.478 e. The average Bonchev–Trinajstić information content (AvgIpc) is 2.18. The Kier molecular flexibility index (Phi) is 4.42. The van der Waals surface area contributed by atoms with Crippen LogP contribution >= 0.6 is 27.5 Å². The predicted molar refractivity (Wildman–Crippen MR) is 60.5 cm³/mol. The van der Waals surface area contributed by atoms with E-state index < -0.39 is 5.97 Å². The Hall–Kier alpha value is -0.540. The Labute approximate surface area is 96.0 Å². The molecule has 4 heteroatoms. The van der Waals surface area contributed by atoms with Gasteiger partial charge in [0.25, 0.3) is 0 Å². The van der Waals surface area contributed by atoms with E-state index in [-0.39, 0.29) is 0 Å². The lowest BCUT2D eigenvalue weighted by molar-refractivity contribution is 0.0696. The lowest BCUT2D eigenvalue weighted by atomic mass is 10.0. The van der Waals surface area contributed by atoms with E-state index >= 15 is 0 Å². The molecule has 0 amide bonds. The molecule has 0 saturated carbocycles. The summed E-state index contributed by atoms with van der Waals surface area (Å²) in [5.41, 5.74) is 2.17. The molecular weight excluding hydrogens is 267 g/mol. The van der Waals surface area contributed by atoms with Crippen LogP contribution in [0.3, 0.4) is 0 Å². The van der Waals surface area contributed by atoms with Crippen molar-refractivity contribution in [1.29, 1.82) is 0 Å². The van der Waals surface area contributed by atoms with Gasteiger partial charge in [-0.15, -0.1) is 11.6 Å². The van der Waals surface area contributed by atoms with E-state index in [0.29, 0.717) is 23.2 Å². The number of rotatable bonds is 4. The van der Waals surface area contributed by atoms with E-state index in [1.165, 1.54) is 0 Å². The molecule has 0 aliphatic rings. The van der Waals surface area contributed by atoms with Crippen molar-refractivity contribution >= 4 is 33.5 Å². The number of aromatic carboxylic acids is 1. The second-order valence-electron chi connectivity index (χ2n) is 2.82. The van der Waals surface area contributed by atoms with Crippen LogP contribution in [0.1, 0.15) is 21.5 Å². The molecule has 0 bridgehead atoms. The van der Waals surface area contributed by atoms with Crippen LogP contribution < -0.4 is 0 Å². The van der Waals surface area contributed by atoms with Crippen LogP contribution in [-0.4, -0.2) is 17.0 Å².